The van der Waals surface area contributed by atoms with Crippen LogP contribution in [0.15, 0.2) is 23.0 Å². The number of carbonyl (C=O) groups excluding carboxylic acids is 4. The van der Waals surface area contributed by atoms with Crippen molar-refractivity contribution in [1.82, 2.24) is 0 Å². The normalized spacial score (nSPS) is 47.2. The van der Waals surface area contributed by atoms with E-state index in [1.807, 2.05) is 13.8 Å². The molecular weight excluding hydrogens is 508 g/mol. The maximum atomic E-state index is 14.5. The van der Waals surface area contributed by atoms with Gasteiger partial charge in [0, 0.05) is 47.0 Å². The lowest BCUT2D eigenvalue weighted by molar-refractivity contribution is -0.250. The van der Waals surface area contributed by atoms with E-state index >= 15 is 0 Å². The second kappa shape index (κ2) is 7.94. The number of cyclic esters (lactones) is 1. The highest BCUT2D eigenvalue weighted by molar-refractivity contribution is 5.98. The molecule has 2 aliphatic heterocycles. The van der Waals surface area contributed by atoms with Gasteiger partial charge in [0.05, 0.1) is 26.1 Å². The third-order valence-corrected chi connectivity index (χ3v) is 11.2. The van der Waals surface area contributed by atoms with Crippen molar-refractivity contribution in [2.75, 3.05) is 7.11 Å². The van der Waals surface area contributed by atoms with Gasteiger partial charge in [-0.2, -0.15) is 0 Å². The number of epoxide rings is 1. The van der Waals surface area contributed by atoms with Crippen LogP contribution in [0.1, 0.15) is 72.0 Å². The lowest BCUT2D eigenvalue weighted by atomic mass is 9.36. The van der Waals surface area contributed by atoms with Gasteiger partial charge in [-0.3, -0.25) is 19.2 Å². The molecule has 1 aromatic heterocycles. The van der Waals surface area contributed by atoms with Crippen molar-refractivity contribution in [3.63, 3.8) is 0 Å². The van der Waals surface area contributed by atoms with Gasteiger partial charge in [-0.1, -0.05) is 27.7 Å². The third kappa shape index (κ3) is 3.05. The van der Waals surface area contributed by atoms with Crippen molar-refractivity contribution in [1.29, 1.82) is 0 Å². The minimum absolute atomic E-state index is 0.0570. The van der Waals surface area contributed by atoms with Crippen molar-refractivity contribution in [2.24, 2.45) is 34.0 Å². The summed E-state index contributed by atoms with van der Waals surface area (Å²) in [4.78, 5) is 52.6. The molecule has 0 unspecified atom stereocenters. The first-order valence-corrected chi connectivity index (χ1v) is 13.6. The molecule has 212 valence electrons. The summed E-state index contributed by atoms with van der Waals surface area (Å²) < 4.78 is 28.5. The van der Waals surface area contributed by atoms with E-state index in [-0.39, 0.29) is 18.8 Å². The van der Waals surface area contributed by atoms with E-state index in [1.54, 1.807) is 19.3 Å². The standard InChI is InChI=1S/C29H36O10/c1-14(30)37-23-25(2,3)17(11-19(31)35-6)27(5)16-7-9-26(4)18(29(16)24(39-29)28(23,34)22(27)33)12-20(32)38-21(26)15-8-10-36-13-15/h8,10,13,16-18,21,23-24,34H,7,9,11-12H2,1-6H3/t16-,17+,18-,21+,23+,24-,26-,27+,28-,29+/m1/s1. The molecule has 5 fully saturated rings. The highest BCUT2D eigenvalue weighted by Crippen LogP contribution is 2.78. The Bertz CT molecular complexity index is 1250. The van der Waals surface area contributed by atoms with Crippen LogP contribution in [0.4, 0.5) is 0 Å². The van der Waals surface area contributed by atoms with Crippen LogP contribution in [-0.4, -0.2) is 59.3 Å². The molecule has 2 saturated heterocycles. The Morgan fingerprint density at radius 3 is 2.49 bits per heavy atom. The summed E-state index contributed by atoms with van der Waals surface area (Å²) in [5.41, 5.74) is -5.24. The Hall–Kier alpha value is -2.72. The van der Waals surface area contributed by atoms with Crippen molar-refractivity contribution >= 4 is 23.7 Å². The molecule has 0 amide bonds. The van der Waals surface area contributed by atoms with E-state index in [1.165, 1.54) is 20.3 Å². The van der Waals surface area contributed by atoms with Crippen LogP contribution in [-0.2, 0) is 38.1 Å². The molecule has 1 N–H and O–H groups in total. The number of rotatable bonds is 4. The van der Waals surface area contributed by atoms with Crippen LogP contribution in [0.3, 0.4) is 0 Å². The molecule has 10 atom stereocenters. The van der Waals surface area contributed by atoms with Gasteiger partial charge in [0.25, 0.3) is 0 Å². The van der Waals surface area contributed by atoms with E-state index in [4.69, 9.17) is 23.4 Å². The Balaban J connectivity index is 1.54. The van der Waals surface area contributed by atoms with Gasteiger partial charge >= 0.3 is 17.9 Å². The topological polar surface area (TPSA) is 142 Å². The molecule has 39 heavy (non-hydrogen) atoms. The number of Topliss-reactive ketones (excluding diaryl/α,β-unsaturated/α-hetero) is 1. The van der Waals surface area contributed by atoms with Crippen molar-refractivity contribution in [2.45, 2.75) is 89.8 Å². The van der Waals surface area contributed by atoms with E-state index < -0.39 is 81.3 Å². The van der Waals surface area contributed by atoms with Crippen LogP contribution in [0, 0.1) is 34.0 Å². The molecule has 5 aliphatic rings. The predicted molar refractivity (Wildman–Crippen MR) is 132 cm³/mol. The average molecular weight is 545 g/mol. The van der Waals surface area contributed by atoms with Crippen LogP contribution in [0.2, 0.25) is 0 Å². The molecule has 3 saturated carbocycles. The van der Waals surface area contributed by atoms with Crippen molar-refractivity contribution in [3.05, 3.63) is 24.2 Å². The second-order valence-electron chi connectivity index (χ2n) is 13.2. The lowest BCUT2D eigenvalue weighted by Gasteiger charge is -2.66. The number of hydrogen-bond donors (Lipinski definition) is 1. The summed E-state index contributed by atoms with van der Waals surface area (Å²) in [7, 11) is 1.29. The van der Waals surface area contributed by atoms with E-state index in [9.17, 15) is 24.3 Å². The molecule has 10 heteroatoms. The van der Waals surface area contributed by atoms with Crippen LogP contribution in [0.25, 0.3) is 0 Å². The van der Waals surface area contributed by atoms with Gasteiger partial charge in [-0.25, -0.2) is 0 Å². The molecule has 10 nitrogen and oxygen atoms in total. The van der Waals surface area contributed by atoms with Crippen LogP contribution in [0.5, 0.6) is 0 Å². The van der Waals surface area contributed by atoms with E-state index in [2.05, 4.69) is 6.92 Å². The molecule has 3 heterocycles. The van der Waals surface area contributed by atoms with Gasteiger partial charge in [0.15, 0.2) is 11.4 Å². The number of fused-ring (bicyclic) bond motifs is 5. The summed E-state index contributed by atoms with van der Waals surface area (Å²) in [5, 5.41) is 12.4. The Morgan fingerprint density at radius 2 is 1.87 bits per heavy atom. The summed E-state index contributed by atoms with van der Waals surface area (Å²) in [5.74, 6) is -3.44. The number of hydrogen-bond acceptors (Lipinski definition) is 10. The largest absolute Gasteiger partial charge is 0.472 e. The summed E-state index contributed by atoms with van der Waals surface area (Å²) >= 11 is 0. The van der Waals surface area contributed by atoms with Gasteiger partial charge in [0.1, 0.15) is 23.9 Å². The molecule has 1 spiro atoms. The maximum Gasteiger partial charge on any atom is 0.306 e. The van der Waals surface area contributed by atoms with Crippen LogP contribution < -0.4 is 0 Å². The smallest absolute Gasteiger partial charge is 0.306 e. The molecule has 3 aliphatic carbocycles. The predicted octanol–water partition coefficient (Wildman–Crippen LogP) is 2.91. The quantitative estimate of drug-likeness (QED) is 0.342. The second-order valence-corrected chi connectivity index (χ2v) is 13.2. The number of methoxy groups -OCH3 is 1. The molecule has 1 aromatic rings. The van der Waals surface area contributed by atoms with Gasteiger partial charge < -0.3 is 28.5 Å². The summed E-state index contributed by atoms with van der Waals surface area (Å²) in [6, 6.07) is 1.78. The number of aliphatic hydroxyl groups is 1. The fourth-order valence-electron chi connectivity index (χ4n) is 9.60. The Kier molecular flexibility index (Phi) is 5.39. The van der Waals surface area contributed by atoms with Gasteiger partial charge in [-0.15, -0.1) is 0 Å². The van der Waals surface area contributed by atoms with Gasteiger partial charge in [-0.05, 0) is 24.8 Å². The molecule has 2 bridgehead atoms. The Labute approximate surface area is 226 Å². The monoisotopic (exact) mass is 544 g/mol. The zero-order valence-electron chi connectivity index (χ0n) is 23.1. The first kappa shape index (κ1) is 26.5. The zero-order chi connectivity index (χ0) is 28.3. The number of furan rings is 1. The minimum Gasteiger partial charge on any atom is -0.472 e. The van der Waals surface area contributed by atoms with E-state index in [0.717, 1.165) is 5.56 Å². The first-order chi connectivity index (χ1) is 18.2. The number of ketones is 1. The summed E-state index contributed by atoms with van der Waals surface area (Å²) in [6.07, 6.45) is 1.42. The first-order valence-electron chi connectivity index (χ1n) is 13.6. The van der Waals surface area contributed by atoms with E-state index in [0.29, 0.717) is 12.8 Å². The van der Waals surface area contributed by atoms with Crippen molar-refractivity contribution in [3.8, 4) is 0 Å². The van der Waals surface area contributed by atoms with Gasteiger partial charge in [0.2, 0.25) is 0 Å². The highest BCUT2D eigenvalue weighted by atomic mass is 16.6. The third-order valence-electron chi connectivity index (χ3n) is 11.2. The number of ether oxygens (including phenoxy) is 4. The van der Waals surface area contributed by atoms with Crippen molar-refractivity contribution < 1.29 is 47.6 Å². The summed E-state index contributed by atoms with van der Waals surface area (Å²) in [6.45, 7) is 8.73. The Morgan fingerprint density at radius 1 is 1.15 bits per heavy atom. The fraction of sp³-hybridized carbons (Fsp3) is 0.724. The van der Waals surface area contributed by atoms with Crippen LogP contribution >= 0.6 is 0 Å². The maximum absolute atomic E-state index is 14.5. The molecule has 6 rings (SSSR count). The minimum atomic E-state index is -2.15. The average Bonchev–Trinajstić information content (AvgIpc) is 3.36. The lowest BCUT2D eigenvalue weighted by Crippen LogP contribution is -2.80. The fourth-order valence-corrected chi connectivity index (χ4v) is 9.60. The molecule has 0 aromatic carbocycles. The molecule has 0 radical (unpaired) electrons. The SMILES string of the molecule is COC(=O)C[C@H]1C(C)(C)[C@H](OC(C)=O)[C@]2(O)C(=O)[C@@]1(C)[C@H]1CC[C@]3(C)[C@@H](CC(=O)O[C@H]3c3ccoc3)[C@@]13O[C@H]23. The molecular formula is C29H36O10. The number of esters is 3. The zero-order valence-corrected chi connectivity index (χ0v) is 23.1. The highest BCUT2D eigenvalue weighted by Gasteiger charge is 2.90. The number of carbonyl (C=O) groups is 4.